The maximum atomic E-state index is 7.14. The van der Waals surface area contributed by atoms with Crippen molar-refractivity contribution in [3.05, 3.63) is 413 Å². The number of aromatic nitrogens is 8. The summed E-state index contributed by atoms with van der Waals surface area (Å²) in [4.78, 5) is 32.2. The minimum Gasteiger partial charge on any atom is -0.454 e. The molecule has 0 aliphatic rings. The Morgan fingerprint density at radius 3 is 1.26 bits per heavy atom. The highest BCUT2D eigenvalue weighted by Crippen LogP contribution is 2.51. The first-order valence-electron chi connectivity index (χ1n) is 43.7. The van der Waals surface area contributed by atoms with Crippen molar-refractivity contribution in [3.63, 3.8) is 0 Å². The molecule has 0 saturated heterocycles. The zero-order valence-corrected chi connectivity index (χ0v) is 71.1. The van der Waals surface area contributed by atoms with E-state index in [-0.39, 0.29) is 0 Å². The summed E-state index contributed by atoms with van der Waals surface area (Å²) < 4.78 is 24.0. The van der Waals surface area contributed by atoms with Crippen LogP contribution in [0.15, 0.2) is 421 Å². The van der Waals surface area contributed by atoms with E-state index in [9.17, 15) is 0 Å². The van der Waals surface area contributed by atoms with Gasteiger partial charge in [0.05, 0.1) is 33.4 Å². The molecule has 0 aliphatic carbocycles. The zero-order valence-electron chi connectivity index (χ0n) is 69.5. The predicted octanol–water partition coefficient (Wildman–Crippen LogP) is 32.4. The van der Waals surface area contributed by atoms with Crippen LogP contribution in [0.1, 0.15) is 0 Å². The lowest BCUT2D eigenvalue weighted by molar-refractivity contribution is 0.666. The van der Waals surface area contributed by atoms with E-state index in [1.165, 1.54) is 94.2 Å². The summed E-state index contributed by atoms with van der Waals surface area (Å²) >= 11 is 3.61. The van der Waals surface area contributed by atoms with Gasteiger partial charge < -0.3 is 18.0 Å². The van der Waals surface area contributed by atoms with Gasteiger partial charge in [0.1, 0.15) is 11.2 Å². The topological polar surface area (TPSA) is 113 Å². The molecule has 0 spiro atoms. The number of furan rings is 2. The average molecular weight is 1690 g/mol. The summed E-state index contributed by atoms with van der Waals surface area (Å²) in [6.45, 7) is 0. The third kappa shape index (κ3) is 11.8. The highest BCUT2D eigenvalue weighted by molar-refractivity contribution is 7.26. The van der Waals surface area contributed by atoms with E-state index in [1.54, 1.807) is 22.7 Å². The first-order chi connectivity index (χ1) is 64.4. The Bertz CT molecular complexity index is 9600. The molecule has 0 unspecified atom stereocenters. The molecule has 20 aromatic carbocycles. The average Bonchev–Trinajstić information content (AvgIpc) is 1.49. The Labute approximate surface area is 750 Å². The fraction of sp³-hybridized carbons (Fsp3) is 0. The fourth-order valence-corrected chi connectivity index (χ4v) is 22.2. The molecule has 8 aromatic heterocycles. The highest BCUT2D eigenvalue weighted by atomic mass is 32.1. The predicted molar refractivity (Wildman–Crippen MR) is 542 cm³/mol. The normalized spacial score (nSPS) is 12.0. The quantitative estimate of drug-likeness (QED) is 0.133. The molecule has 12 heteroatoms. The van der Waals surface area contributed by atoms with E-state index in [2.05, 4.69) is 397 Å². The number of para-hydroxylation sites is 3. The molecular weight excluding hydrogens is 1630 g/mol. The van der Waals surface area contributed by atoms with Gasteiger partial charge in [-0.15, -0.1) is 22.7 Å². The Morgan fingerprint density at radius 2 is 0.631 bits per heavy atom. The van der Waals surface area contributed by atoms with Crippen LogP contribution in [0.3, 0.4) is 0 Å². The van der Waals surface area contributed by atoms with Crippen molar-refractivity contribution in [2.75, 3.05) is 0 Å². The minimum absolute atomic E-state index is 0.576. The Hall–Kier alpha value is -16.9. The molecule has 604 valence electrons. The van der Waals surface area contributed by atoms with Gasteiger partial charge in [-0.1, -0.05) is 303 Å². The number of hydrogen-bond donors (Lipinski definition) is 0. The van der Waals surface area contributed by atoms with E-state index >= 15 is 0 Å². The van der Waals surface area contributed by atoms with Crippen LogP contribution < -0.4 is 0 Å². The summed E-state index contributed by atoms with van der Waals surface area (Å²) in [6, 6.07) is 146. The molecule has 0 N–H and O–H groups in total. The van der Waals surface area contributed by atoms with Gasteiger partial charge in [-0.05, 0) is 164 Å². The van der Waals surface area contributed by atoms with Crippen molar-refractivity contribution < 1.29 is 8.83 Å². The van der Waals surface area contributed by atoms with Crippen LogP contribution >= 0.6 is 22.7 Å². The van der Waals surface area contributed by atoms with E-state index in [4.69, 9.17) is 38.7 Å². The lowest BCUT2D eigenvalue weighted by atomic mass is 9.95. The summed E-state index contributed by atoms with van der Waals surface area (Å²) in [5, 5.41) is 22.7. The molecule has 0 aliphatic heterocycles. The second-order valence-corrected chi connectivity index (χ2v) is 35.6. The summed E-state index contributed by atoms with van der Waals surface area (Å²) in [5.74, 6) is 3.58. The second kappa shape index (κ2) is 29.4. The van der Waals surface area contributed by atoms with Gasteiger partial charge >= 0.3 is 0 Å². The van der Waals surface area contributed by atoms with E-state index in [1.807, 2.05) is 24.3 Å². The summed E-state index contributed by atoms with van der Waals surface area (Å²) in [7, 11) is 0. The molecule has 10 nitrogen and oxygen atoms in total. The van der Waals surface area contributed by atoms with Crippen LogP contribution in [0.2, 0.25) is 0 Å². The van der Waals surface area contributed by atoms with E-state index in [0.717, 1.165) is 144 Å². The monoisotopic (exact) mass is 1690 g/mol. The second-order valence-electron chi connectivity index (χ2n) is 33.4. The number of nitrogens with zero attached hydrogens (tertiary/aromatic N) is 8. The molecule has 0 bridgehead atoms. The molecule has 0 fully saturated rings. The van der Waals surface area contributed by atoms with Crippen LogP contribution in [-0.2, 0) is 0 Å². The van der Waals surface area contributed by atoms with Crippen LogP contribution in [0.25, 0.3) is 273 Å². The summed E-state index contributed by atoms with van der Waals surface area (Å²) in [6.07, 6.45) is 0. The Morgan fingerprint density at radius 1 is 0.208 bits per heavy atom. The van der Waals surface area contributed by atoms with Gasteiger partial charge in [0, 0.05) is 128 Å². The van der Waals surface area contributed by atoms with Crippen molar-refractivity contribution in [2.45, 2.75) is 0 Å². The number of benzene rings is 20. The molecule has 8 heterocycles. The maximum Gasteiger partial charge on any atom is 0.165 e. The first kappa shape index (κ1) is 73.5. The first-order valence-corrected chi connectivity index (χ1v) is 45.3. The van der Waals surface area contributed by atoms with Crippen molar-refractivity contribution in [3.8, 4) is 102 Å². The van der Waals surface area contributed by atoms with Crippen LogP contribution in [0.4, 0.5) is 0 Å². The van der Waals surface area contributed by atoms with Crippen molar-refractivity contribution in [1.82, 2.24) is 39.0 Å². The Kier molecular flexibility index (Phi) is 16.6. The highest BCUT2D eigenvalue weighted by Gasteiger charge is 2.30. The van der Waals surface area contributed by atoms with Gasteiger partial charge in [-0.3, -0.25) is 0 Å². The SMILES string of the molecule is c1ccc(-c2ccc(-c3nc(-c4ccc5sc6ccccc6c5c4)nc(-c4c5ccccc5c(-n5c6ccccc6c6cc7ccccc7cc65)c5oc6ccccc6c45)n3)cc2)cc1.c1ccc(-c2cccc(-c3nc(-c4ccc5sc6ccccc6c5c4)nc(-c4ccc(-n5c6cc7ccccc7cc6c6ccc7ccccc7c65)c5oc6ccccc6c45)n3)c2)cc1. The van der Waals surface area contributed by atoms with Gasteiger partial charge in [0.2, 0.25) is 0 Å². The van der Waals surface area contributed by atoms with Crippen molar-refractivity contribution >= 4 is 194 Å². The number of fused-ring (bicyclic) bond motifs is 23. The standard InChI is InChI=1S/2C59H34N4OS/c1-2-14-35(15-3-1)36-26-28-37(29-27-36)57-60-58(40-30-31-52-47(33-40)42-19-10-13-25-51(42)65-52)62-59(61-57)54-43-20-6-7-21-44(43)55(56-53(54)45-22-9-12-24-50(45)64-56)63-48-23-11-8-18-41(48)46-32-38-16-4-5-17-39(38)34-49(46)63;1-2-13-35(14-3-1)37-18-12-19-40(31-37)57-60-58(41-26-30-53-48(33-41)43-21-9-11-24-52(43)65-53)62-59(61-57)46-28-29-49(56-54(46)45-22-8-10-23-51(45)64-56)63-50-34-39-17-5-4-16-38(39)32-47(50)44-27-25-36-15-6-7-20-42(36)55(44)63/h2*1-34H. The fourth-order valence-electron chi connectivity index (χ4n) is 20.0. The number of thiophene rings is 2. The Balaban J connectivity index is 0.000000134. The molecule has 28 rings (SSSR count). The van der Waals surface area contributed by atoms with Crippen LogP contribution in [0.5, 0.6) is 0 Å². The smallest absolute Gasteiger partial charge is 0.165 e. The van der Waals surface area contributed by atoms with Gasteiger partial charge in [-0.2, -0.15) is 0 Å². The summed E-state index contributed by atoms with van der Waals surface area (Å²) in [5.41, 5.74) is 19.5. The molecule has 0 atom stereocenters. The number of rotatable bonds is 10. The number of hydrogen-bond acceptors (Lipinski definition) is 10. The zero-order chi connectivity index (χ0) is 85.2. The molecular formula is C118H68N8O2S2. The lowest BCUT2D eigenvalue weighted by Crippen LogP contribution is -2.03. The molecule has 130 heavy (non-hydrogen) atoms. The van der Waals surface area contributed by atoms with E-state index < -0.39 is 0 Å². The molecule has 0 amide bonds. The van der Waals surface area contributed by atoms with Crippen molar-refractivity contribution in [1.29, 1.82) is 0 Å². The van der Waals surface area contributed by atoms with Gasteiger partial charge in [0.25, 0.3) is 0 Å². The maximum absolute atomic E-state index is 7.14. The van der Waals surface area contributed by atoms with Crippen molar-refractivity contribution in [2.24, 2.45) is 0 Å². The third-order valence-corrected chi connectivity index (χ3v) is 28.3. The largest absolute Gasteiger partial charge is 0.454 e. The third-order valence-electron chi connectivity index (χ3n) is 26.0. The lowest BCUT2D eigenvalue weighted by Gasteiger charge is -2.17. The minimum atomic E-state index is 0.576. The molecule has 0 saturated carbocycles. The molecule has 0 radical (unpaired) electrons. The molecule has 28 aromatic rings. The van der Waals surface area contributed by atoms with E-state index in [0.29, 0.717) is 34.9 Å². The van der Waals surface area contributed by atoms with Gasteiger partial charge in [-0.25, -0.2) is 29.9 Å². The van der Waals surface area contributed by atoms with Crippen LogP contribution in [-0.4, -0.2) is 39.0 Å². The van der Waals surface area contributed by atoms with Crippen LogP contribution in [0, 0.1) is 0 Å². The van der Waals surface area contributed by atoms with Gasteiger partial charge in [0.15, 0.2) is 46.1 Å².